The Morgan fingerprint density at radius 3 is 2.83 bits per heavy atom. The first-order valence-electron chi connectivity index (χ1n) is 16.4. The lowest BCUT2D eigenvalue weighted by Crippen LogP contribution is -2.58. The number of benzene rings is 2. The first-order chi connectivity index (χ1) is 22.3. The Morgan fingerprint density at radius 1 is 1.13 bits per heavy atom. The van der Waals surface area contributed by atoms with Gasteiger partial charge >= 0.3 is 6.01 Å². The highest BCUT2D eigenvalue weighted by Crippen LogP contribution is 2.43. The zero-order valence-electron chi connectivity index (χ0n) is 26.1. The van der Waals surface area contributed by atoms with Crippen LogP contribution in [0.2, 0.25) is 0 Å². The van der Waals surface area contributed by atoms with Crippen molar-refractivity contribution >= 4 is 27.5 Å². The molecule has 0 aliphatic carbocycles. The molecule has 4 aliphatic heterocycles. The van der Waals surface area contributed by atoms with Crippen LogP contribution in [0.4, 0.5) is 19.0 Å². The molecule has 0 radical (unpaired) electrons. The highest BCUT2D eigenvalue weighted by molar-refractivity contribution is 6.02. The van der Waals surface area contributed by atoms with E-state index < -0.39 is 23.3 Å². The lowest BCUT2D eigenvalue weighted by molar-refractivity contribution is 0.107. The smallest absolute Gasteiger partial charge is 0.319 e. The fourth-order valence-corrected chi connectivity index (χ4v) is 8.45. The van der Waals surface area contributed by atoms with E-state index in [1.165, 1.54) is 6.07 Å². The maximum absolute atomic E-state index is 17.1. The number of hydrogen-bond donors (Lipinski definition) is 1. The van der Waals surface area contributed by atoms with Crippen LogP contribution in [-0.4, -0.2) is 76.4 Å². The second kappa shape index (κ2) is 11.1. The van der Waals surface area contributed by atoms with Gasteiger partial charge in [0.05, 0.1) is 22.2 Å². The van der Waals surface area contributed by atoms with Gasteiger partial charge in [0.2, 0.25) is 0 Å². The predicted molar refractivity (Wildman–Crippen MR) is 173 cm³/mol. The molecule has 46 heavy (non-hydrogen) atoms. The number of halogens is 3. The average molecular weight is 627 g/mol. The maximum Gasteiger partial charge on any atom is 0.319 e. The van der Waals surface area contributed by atoms with Crippen molar-refractivity contribution in [2.45, 2.75) is 69.7 Å². The van der Waals surface area contributed by atoms with Crippen molar-refractivity contribution in [1.82, 2.24) is 25.2 Å². The molecule has 1 N–H and O–H groups in total. The number of fused-ring (bicyclic) bond motifs is 4. The lowest BCUT2D eigenvalue weighted by atomic mass is 9.93. The van der Waals surface area contributed by atoms with Crippen LogP contribution in [-0.2, 0) is 6.42 Å². The van der Waals surface area contributed by atoms with Crippen molar-refractivity contribution in [3.8, 4) is 29.6 Å². The van der Waals surface area contributed by atoms with Gasteiger partial charge in [-0.1, -0.05) is 44.0 Å². The second-order valence-corrected chi connectivity index (χ2v) is 13.5. The van der Waals surface area contributed by atoms with Crippen LogP contribution in [0.3, 0.4) is 0 Å². The average Bonchev–Trinajstić information content (AvgIpc) is 3.56. The highest BCUT2D eigenvalue weighted by Gasteiger charge is 2.49. The summed E-state index contributed by atoms with van der Waals surface area (Å²) in [6.07, 6.45) is 8.63. The third-order valence-corrected chi connectivity index (χ3v) is 10.8. The molecule has 3 fully saturated rings. The molecule has 0 saturated carbocycles. The number of hydrogen-bond acceptors (Lipinski definition) is 7. The first kappa shape index (κ1) is 29.5. The topological polar surface area (TPSA) is 66.4 Å². The molecule has 8 rings (SSSR count). The molecule has 10 heteroatoms. The number of aromatic nitrogens is 3. The van der Waals surface area contributed by atoms with E-state index in [9.17, 15) is 8.78 Å². The highest BCUT2D eigenvalue weighted by atomic mass is 19.1. The predicted octanol–water partition coefficient (Wildman–Crippen LogP) is 5.81. The molecule has 238 valence electrons. The van der Waals surface area contributed by atoms with Gasteiger partial charge in [0, 0.05) is 49.1 Å². The SMILES string of the molecule is C#Cc1c(F)ccc2cccc(-c3nc4c5c(nc(OC[C@@]67CCCN6C[C@H](F)C7)nc5c3F)N3C[C@@H](CC)NC[C@H]3[C@@H](C)C4)c12. The molecule has 7 nitrogen and oxygen atoms in total. The van der Waals surface area contributed by atoms with Crippen molar-refractivity contribution in [1.29, 1.82) is 0 Å². The van der Waals surface area contributed by atoms with E-state index in [0.717, 1.165) is 32.4 Å². The quantitative estimate of drug-likeness (QED) is 0.281. The van der Waals surface area contributed by atoms with Crippen LogP contribution in [0.1, 0.15) is 50.8 Å². The summed E-state index contributed by atoms with van der Waals surface area (Å²) in [5.41, 5.74) is 0.945. The number of ether oxygens (including phenoxy) is 1. The Hall–Kier alpha value is -3.94. The lowest BCUT2D eigenvalue weighted by Gasteiger charge is -2.42. The van der Waals surface area contributed by atoms with E-state index in [4.69, 9.17) is 26.1 Å². The Morgan fingerprint density at radius 2 is 2.00 bits per heavy atom. The van der Waals surface area contributed by atoms with E-state index in [1.54, 1.807) is 18.2 Å². The van der Waals surface area contributed by atoms with E-state index in [2.05, 4.69) is 34.9 Å². The van der Waals surface area contributed by atoms with E-state index in [0.29, 0.717) is 59.2 Å². The zero-order chi connectivity index (χ0) is 31.7. The molecule has 5 atom stereocenters. The number of rotatable bonds is 5. The first-order valence-corrected chi connectivity index (χ1v) is 16.4. The Bertz CT molecular complexity index is 1910. The van der Waals surface area contributed by atoms with E-state index in [1.807, 2.05) is 6.07 Å². The van der Waals surface area contributed by atoms with Crippen molar-refractivity contribution < 1.29 is 17.9 Å². The summed E-state index contributed by atoms with van der Waals surface area (Å²) in [6, 6.07) is 8.74. The summed E-state index contributed by atoms with van der Waals surface area (Å²) < 4.78 is 52.9. The molecule has 4 aromatic rings. The normalized spacial score (nSPS) is 27.4. The van der Waals surface area contributed by atoms with Crippen LogP contribution >= 0.6 is 0 Å². The molecule has 0 spiro atoms. The van der Waals surface area contributed by atoms with Crippen LogP contribution in [0, 0.1) is 29.9 Å². The van der Waals surface area contributed by atoms with E-state index in [-0.39, 0.29) is 47.4 Å². The van der Waals surface area contributed by atoms with Crippen molar-refractivity contribution in [3.05, 3.63) is 53.2 Å². The monoisotopic (exact) mass is 626 g/mol. The number of nitrogens with one attached hydrogen (secondary N) is 1. The van der Waals surface area contributed by atoms with Crippen molar-refractivity contribution in [3.63, 3.8) is 0 Å². The molecule has 6 heterocycles. The van der Waals surface area contributed by atoms with Gasteiger partial charge < -0.3 is 15.0 Å². The molecule has 2 aromatic carbocycles. The summed E-state index contributed by atoms with van der Waals surface area (Å²) in [6.45, 7) is 7.27. The minimum atomic E-state index is -0.896. The molecule has 0 unspecified atom stereocenters. The Labute approximate surface area is 266 Å². The largest absolute Gasteiger partial charge is 0.461 e. The number of terminal acetylenes is 1. The molecule has 4 aliphatic rings. The minimum Gasteiger partial charge on any atom is -0.461 e. The number of pyridine rings is 1. The summed E-state index contributed by atoms with van der Waals surface area (Å²) in [4.78, 5) is 19.1. The third-order valence-electron chi connectivity index (χ3n) is 10.8. The van der Waals surface area contributed by atoms with Gasteiger partial charge in [-0.3, -0.25) is 4.90 Å². The Balaban J connectivity index is 1.33. The van der Waals surface area contributed by atoms with Gasteiger partial charge in [0.1, 0.15) is 35.6 Å². The van der Waals surface area contributed by atoms with Crippen molar-refractivity contribution in [2.24, 2.45) is 5.92 Å². The second-order valence-electron chi connectivity index (χ2n) is 13.5. The Kier molecular flexibility index (Phi) is 7.11. The summed E-state index contributed by atoms with van der Waals surface area (Å²) in [5.74, 6) is 2.07. The third kappa shape index (κ3) is 4.54. The van der Waals surface area contributed by atoms with Crippen LogP contribution in [0.15, 0.2) is 30.3 Å². The number of alkyl halides is 1. The van der Waals surface area contributed by atoms with Gasteiger partial charge in [-0.05, 0) is 49.6 Å². The fraction of sp³-hybridized carbons (Fsp3) is 0.472. The molecular formula is C36H37F3N6O. The molecule has 0 bridgehead atoms. The fourth-order valence-electron chi connectivity index (χ4n) is 8.45. The molecule has 3 saturated heterocycles. The van der Waals surface area contributed by atoms with Gasteiger partial charge in [-0.2, -0.15) is 9.97 Å². The van der Waals surface area contributed by atoms with Gasteiger partial charge in [-0.25, -0.2) is 18.2 Å². The molecule has 0 amide bonds. The van der Waals surface area contributed by atoms with Crippen LogP contribution in [0.25, 0.3) is 32.9 Å². The van der Waals surface area contributed by atoms with Gasteiger partial charge in [0.15, 0.2) is 5.82 Å². The number of anilines is 1. The summed E-state index contributed by atoms with van der Waals surface area (Å²) >= 11 is 0. The van der Waals surface area contributed by atoms with Gasteiger partial charge in [-0.15, -0.1) is 6.42 Å². The van der Waals surface area contributed by atoms with Crippen LogP contribution < -0.4 is 15.0 Å². The standard InChI is InChI=1S/C36H37F3N6O/c1-4-23-18-45-28(16-40-23)20(3)14-27-30-33(42-35(43-34(30)45)46-19-36-12-7-13-44(36)17-22(37)15-36)31(39)32(41-27)25-9-6-8-21-10-11-26(38)24(5-2)29(21)25/h2,6,8-11,20,22-23,28,40H,4,7,12-19H2,1,3H3/t20-,22+,23+,28-,36-/m0/s1. The zero-order valence-corrected chi connectivity index (χ0v) is 26.1. The van der Waals surface area contributed by atoms with Crippen LogP contribution in [0.5, 0.6) is 6.01 Å². The molecular weight excluding hydrogens is 589 g/mol. The molecule has 2 aromatic heterocycles. The summed E-state index contributed by atoms with van der Waals surface area (Å²) in [7, 11) is 0. The van der Waals surface area contributed by atoms with Crippen molar-refractivity contribution in [2.75, 3.05) is 37.7 Å². The number of nitrogens with zero attached hydrogens (tertiary/aromatic N) is 5. The minimum absolute atomic E-state index is 0.0675. The maximum atomic E-state index is 17.1. The summed E-state index contributed by atoms with van der Waals surface area (Å²) in [5, 5.41) is 5.38. The van der Waals surface area contributed by atoms with Gasteiger partial charge in [0.25, 0.3) is 0 Å². The van der Waals surface area contributed by atoms with E-state index >= 15 is 4.39 Å². The number of piperazine rings is 1.